The Kier molecular flexibility index (Phi) is 4.03. The molecule has 0 saturated heterocycles. The molecule has 0 aliphatic carbocycles. The van der Waals surface area contributed by atoms with Crippen molar-refractivity contribution in [3.05, 3.63) is 0 Å². The molecule has 8 heavy (non-hydrogen) atoms. The molecule has 2 N–H and O–H groups in total. The summed E-state index contributed by atoms with van der Waals surface area (Å²) in [6.07, 6.45) is 0. The molecule has 0 aliphatic heterocycles. The van der Waals surface area contributed by atoms with Gasteiger partial charge in [-0.15, -0.1) is 0 Å². The molecule has 0 aromatic carbocycles. The fraction of sp³-hybridized carbons (Fsp3) is 0.500. The lowest BCUT2D eigenvalue weighted by Crippen LogP contribution is -2.17. The van der Waals surface area contributed by atoms with Crippen molar-refractivity contribution in [3.63, 3.8) is 0 Å². The van der Waals surface area contributed by atoms with Gasteiger partial charge in [0.15, 0.2) is 0 Å². The van der Waals surface area contributed by atoms with Crippen molar-refractivity contribution < 1.29 is 0 Å². The van der Waals surface area contributed by atoms with Crippen LogP contribution in [0.25, 0.3) is 0 Å². The third-order valence-corrected chi connectivity index (χ3v) is 0.721. The molecule has 0 spiro atoms. The Morgan fingerprint density at radius 1 is 2.00 bits per heavy atom. The lowest BCUT2D eigenvalue weighted by Gasteiger charge is -1.92. The topological polar surface area (TPSA) is 48.2 Å². The van der Waals surface area contributed by atoms with Gasteiger partial charge < -0.3 is 5.32 Å². The third kappa shape index (κ3) is 3.46. The van der Waals surface area contributed by atoms with Crippen LogP contribution in [0, 0.1) is 5.41 Å². The van der Waals surface area contributed by atoms with Crippen LogP contribution in [0.15, 0.2) is 4.99 Å². The fourth-order valence-electron chi connectivity index (χ4n) is 0.242. The van der Waals surface area contributed by atoms with Crippen molar-refractivity contribution >= 4 is 23.3 Å². The van der Waals surface area contributed by atoms with Crippen LogP contribution in [0.2, 0.25) is 0 Å². The van der Waals surface area contributed by atoms with Crippen LogP contribution in [-0.4, -0.2) is 17.7 Å². The van der Waals surface area contributed by atoms with Crippen molar-refractivity contribution in [2.45, 2.75) is 6.92 Å². The van der Waals surface area contributed by atoms with Crippen LogP contribution in [0.4, 0.5) is 0 Å². The van der Waals surface area contributed by atoms with Crippen molar-refractivity contribution in [3.8, 4) is 0 Å². The molecular weight excluding hydrogens is 122 g/mol. The predicted octanol–water partition coefficient (Wildman–Crippen LogP) is 0.633. The Bertz CT molecular complexity index is 125. The van der Waals surface area contributed by atoms with E-state index in [9.17, 15) is 0 Å². The lowest BCUT2D eigenvalue weighted by molar-refractivity contribution is 0.973. The van der Waals surface area contributed by atoms with Crippen molar-refractivity contribution in [2.75, 3.05) is 6.54 Å². The first-order valence-electron chi connectivity index (χ1n) is 2.21. The molecular formula is C4H7N3S. The summed E-state index contributed by atoms with van der Waals surface area (Å²) < 4.78 is 0. The number of rotatable bonds is 1. The summed E-state index contributed by atoms with van der Waals surface area (Å²) in [6.45, 7) is 2.65. The van der Waals surface area contributed by atoms with E-state index >= 15 is 0 Å². The number of nitrogens with one attached hydrogen (secondary N) is 2. The van der Waals surface area contributed by atoms with Gasteiger partial charge in [-0.25, -0.2) is 5.41 Å². The van der Waals surface area contributed by atoms with Crippen LogP contribution >= 0.6 is 12.2 Å². The van der Waals surface area contributed by atoms with E-state index in [1.54, 1.807) is 0 Å². The van der Waals surface area contributed by atoms with E-state index in [1.165, 1.54) is 0 Å². The number of hydrogen-bond acceptors (Lipinski definition) is 2. The minimum absolute atomic E-state index is 0.322. The summed E-state index contributed by atoms with van der Waals surface area (Å²) in [6, 6.07) is 1.82. The van der Waals surface area contributed by atoms with Crippen LogP contribution in [-0.2, 0) is 0 Å². The lowest BCUT2D eigenvalue weighted by atomic mass is 10.7. The van der Waals surface area contributed by atoms with Gasteiger partial charge >= 0.3 is 0 Å². The van der Waals surface area contributed by atoms with Gasteiger partial charge in [0.05, 0.1) is 6.01 Å². The predicted molar refractivity (Wildman–Crippen MR) is 36.4 cm³/mol. The second kappa shape index (κ2) is 4.43. The summed E-state index contributed by atoms with van der Waals surface area (Å²) in [5, 5.41) is 9.42. The van der Waals surface area contributed by atoms with E-state index in [2.05, 4.69) is 22.5 Å². The summed E-state index contributed by atoms with van der Waals surface area (Å²) in [4.78, 5) is 3.35. The highest BCUT2D eigenvalue weighted by Crippen LogP contribution is 1.68. The maximum absolute atomic E-state index is 6.37. The number of hydrogen-bond donors (Lipinski definition) is 2. The van der Waals surface area contributed by atoms with E-state index in [0.29, 0.717) is 5.11 Å². The van der Waals surface area contributed by atoms with E-state index < -0.39 is 0 Å². The van der Waals surface area contributed by atoms with Crippen molar-refractivity contribution in [1.29, 1.82) is 5.41 Å². The van der Waals surface area contributed by atoms with Crippen LogP contribution in [0.5, 0.6) is 0 Å². The highest BCUT2D eigenvalue weighted by atomic mass is 32.1. The molecule has 0 fully saturated rings. The minimum Gasteiger partial charge on any atom is -0.361 e. The van der Waals surface area contributed by atoms with Gasteiger partial charge in [0.2, 0.25) is 5.11 Å². The van der Waals surface area contributed by atoms with Gasteiger partial charge in [-0.1, -0.05) is 0 Å². The zero-order valence-corrected chi connectivity index (χ0v) is 5.38. The van der Waals surface area contributed by atoms with E-state index in [4.69, 9.17) is 5.41 Å². The average molecular weight is 129 g/mol. The van der Waals surface area contributed by atoms with Crippen molar-refractivity contribution in [1.82, 2.24) is 5.32 Å². The summed E-state index contributed by atoms with van der Waals surface area (Å²) in [5.74, 6) is 0. The first-order chi connectivity index (χ1) is 3.81. The maximum atomic E-state index is 6.37. The summed E-state index contributed by atoms with van der Waals surface area (Å²) >= 11 is 4.59. The Morgan fingerprint density at radius 2 is 2.62 bits per heavy atom. The van der Waals surface area contributed by atoms with Crippen molar-refractivity contribution in [2.24, 2.45) is 4.99 Å². The molecule has 0 saturated carbocycles. The largest absolute Gasteiger partial charge is 0.361 e. The zero-order chi connectivity index (χ0) is 6.41. The van der Waals surface area contributed by atoms with E-state index in [1.807, 2.05) is 12.9 Å². The maximum Gasteiger partial charge on any atom is 0.203 e. The molecule has 4 heteroatoms. The highest BCUT2D eigenvalue weighted by molar-refractivity contribution is 7.80. The quantitative estimate of drug-likeness (QED) is 0.403. The fourth-order valence-corrected chi connectivity index (χ4v) is 0.432. The molecule has 0 aliphatic rings. The molecule has 0 radical (unpaired) electrons. The highest BCUT2D eigenvalue weighted by Gasteiger charge is 1.81. The van der Waals surface area contributed by atoms with Gasteiger partial charge in [-0.2, -0.15) is 4.99 Å². The summed E-state index contributed by atoms with van der Waals surface area (Å²) in [7, 11) is 0. The van der Waals surface area contributed by atoms with Crippen LogP contribution in [0.1, 0.15) is 6.92 Å². The molecule has 0 aromatic heterocycles. The minimum atomic E-state index is 0.322. The summed E-state index contributed by atoms with van der Waals surface area (Å²) in [5.41, 5.74) is 0. The van der Waals surface area contributed by atoms with Crippen LogP contribution in [0.3, 0.4) is 0 Å². The van der Waals surface area contributed by atoms with Crippen LogP contribution < -0.4 is 5.32 Å². The first-order valence-corrected chi connectivity index (χ1v) is 2.62. The molecule has 0 unspecified atom stereocenters. The SMILES string of the molecule is CCNC(=S)N=C=N. The molecule has 0 amide bonds. The molecule has 0 heterocycles. The molecule has 3 nitrogen and oxygen atoms in total. The van der Waals surface area contributed by atoms with Gasteiger partial charge in [-0.05, 0) is 19.1 Å². The molecule has 44 valence electrons. The second-order valence-electron chi connectivity index (χ2n) is 1.06. The van der Waals surface area contributed by atoms with Gasteiger partial charge in [0.1, 0.15) is 0 Å². The van der Waals surface area contributed by atoms with Gasteiger partial charge in [0.25, 0.3) is 0 Å². The third-order valence-electron chi connectivity index (χ3n) is 0.485. The van der Waals surface area contributed by atoms with Gasteiger partial charge in [-0.3, -0.25) is 0 Å². The molecule has 0 atom stereocenters. The Labute approximate surface area is 53.3 Å². The van der Waals surface area contributed by atoms with Gasteiger partial charge in [0, 0.05) is 6.54 Å². The normalized spacial score (nSPS) is 7.12. The Hall–Kier alpha value is -0.730. The van der Waals surface area contributed by atoms with E-state index in [-0.39, 0.29) is 0 Å². The van der Waals surface area contributed by atoms with E-state index in [0.717, 1.165) is 6.54 Å². The Morgan fingerprint density at radius 3 is 3.00 bits per heavy atom. The zero-order valence-electron chi connectivity index (χ0n) is 4.56. The molecule has 0 rings (SSSR count). The molecule has 0 bridgehead atoms. The first kappa shape index (κ1) is 7.27. The molecule has 0 aromatic rings. The second-order valence-corrected chi connectivity index (χ2v) is 1.45. The standard InChI is InChI=1S/C4H7N3S/c1-2-6-4(8)7-3-5/h5H,2H2,1H3,(H,6,8). The Balaban J connectivity index is 3.49. The average Bonchev–Trinajstić information content (AvgIpc) is 1.68. The number of nitrogens with zero attached hydrogens (tertiary/aromatic N) is 1. The number of thiocarbonyl (C=S) groups is 1. The number of aliphatic imine (C=N–C) groups is 1. The smallest absolute Gasteiger partial charge is 0.203 e. The monoisotopic (exact) mass is 129 g/mol.